The van der Waals surface area contributed by atoms with Crippen LogP contribution >= 0.6 is 22.9 Å². The van der Waals surface area contributed by atoms with Gasteiger partial charge in [0.2, 0.25) is 0 Å². The molecule has 1 aromatic heterocycles. The molecule has 0 bridgehead atoms. The number of benzene rings is 1. The van der Waals surface area contributed by atoms with Crippen molar-refractivity contribution >= 4 is 44.8 Å². The largest absolute Gasteiger partial charge is 0.324 e. The molecule has 6 nitrogen and oxygen atoms in total. The van der Waals surface area contributed by atoms with E-state index in [1.165, 1.54) is 54.7 Å². The number of hydrogen-bond acceptors (Lipinski definition) is 5. The molecular formula is C22H25ClN2O4S2. The zero-order chi connectivity index (χ0) is 22.2. The molecule has 1 saturated carbocycles. The molecule has 1 unspecified atom stereocenters. The number of nitrogens with one attached hydrogen (secondary N) is 1. The Bertz CT molecular complexity index is 1090. The molecule has 31 heavy (non-hydrogen) atoms. The topological polar surface area (TPSA) is 83.6 Å². The number of carbonyl (C=O) groups is 2. The van der Waals surface area contributed by atoms with E-state index in [0.29, 0.717) is 28.8 Å². The van der Waals surface area contributed by atoms with Gasteiger partial charge in [-0.15, -0.1) is 11.3 Å². The molecule has 0 spiro atoms. The molecule has 2 aliphatic rings. The SMILES string of the molecule is CC1(C(=O)NS(=O)(=O)c2ccc(Cl)s2)CCN1C(=O)c1ccc(C2CCCCC2)cc1. The molecule has 1 N–H and O–H groups in total. The summed E-state index contributed by atoms with van der Waals surface area (Å²) in [7, 11) is -4.03. The number of nitrogens with zero attached hydrogens (tertiary/aromatic N) is 1. The molecule has 2 aromatic rings. The standard InChI is InChI=1S/C22H25ClN2O4S2/c1-22(21(27)24-31(28,29)19-12-11-18(23)30-19)13-14-25(22)20(26)17-9-7-16(8-10-17)15-5-3-2-4-6-15/h7-12,15H,2-6,13-14H2,1H3,(H,24,27). The normalized spacial score (nSPS) is 22.1. The highest BCUT2D eigenvalue weighted by atomic mass is 35.5. The molecule has 0 radical (unpaired) electrons. The summed E-state index contributed by atoms with van der Waals surface area (Å²) >= 11 is 6.69. The van der Waals surface area contributed by atoms with Crippen molar-refractivity contribution in [2.24, 2.45) is 0 Å². The molecule has 1 aliphatic heterocycles. The monoisotopic (exact) mass is 480 g/mol. The maximum absolute atomic E-state index is 13.1. The van der Waals surface area contributed by atoms with Gasteiger partial charge in [0.1, 0.15) is 9.75 Å². The highest BCUT2D eigenvalue weighted by molar-refractivity contribution is 7.92. The average molecular weight is 481 g/mol. The van der Waals surface area contributed by atoms with Crippen molar-refractivity contribution in [1.82, 2.24) is 9.62 Å². The van der Waals surface area contributed by atoms with Crippen LogP contribution in [0.3, 0.4) is 0 Å². The first kappa shape index (κ1) is 22.3. The third-order valence-electron chi connectivity index (χ3n) is 6.43. The second kappa shape index (κ2) is 8.56. The van der Waals surface area contributed by atoms with Gasteiger partial charge in [0.25, 0.3) is 21.8 Å². The van der Waals surface area contributed by atoms with Crippen molar-refractivity contribution in [3.05, 3.63) is 51.9 Å². The first-order valence-electron chi connectivity index (χ1n) is 10.5. The number of thiophene rings is 1. The van der Waals surface area contributed by atoms with Crippen LogP contribution in [0.1, 0.15) is 67.3 Å². The summed E-state index contributed by atoms with van der Waals surface area (Å²) in [4.78, 5) is 27.3. The lowest BCUT2D eigenvalue weighted by Crippen LogP contribution is -2.67. The van der Waals surface area contributed by atoms with Crippen molar-refractivity contribution in [2.45, 2.75) is 61.1 Å². The number of rotatable bonds is 5. The molecule has 9 heteroatoms. The molecule has 166 valence electrons. The van der Waals surface area contributed by atoms with E-state index in [1.807, 2.05) is 24.3 Å². The molecule has 2 heterocycles. The molecule has 1 atom stereocenters. The summed E-state index contributed by atoms with van der Waals surface area (Å²) in [5, 5.41) is 0. The van der Waals surface area contributed by atoms with Gasteiger partial charge in [0.05, 0.1) is 4.34 Å². The predicted molar refractivity (Wildman–Crippen MR) is 121 cm³/mol. The fourth-order valence-corrected chi connectivity index (χ4v) is 6.89. The number of amides is 2. The molecule has 2 amide bonds. The van der Waals surface area contributed by atoms with E-state index in [1.54, 1.807) is 6.92 Å². The van der Waals surface area contributed by atoms with Gasteiger partial charge in [-0.05, 0) is 61.9 Å². The molecule has 1 aliphatic carbocycles. The molecule has 1 saturated heterocycles. The molecule has 1 aromatic carbocycles. The van der Waals surface area contributed by atoms with E-state index in [2.05, 4.69) is 4.72 Å². The van der Waals surface area contributed by atoms with Gasteiger partial charge in [0.15, 0.2) is 0 Å². The number of carbonyl (C=O) groups excluding carboxylic acids is 2. The number of likely N-dealkylation sites (tertiary alicyclic amines) is 1. The van der Waals surface area contributed by atoms with E-state index in [9.17, 15) is 18.0 Å². The minimum atomic E-state index is -4.03. The van der Waals surface area contributed by atoms with Gasteiger partial charge in [0, 0.05) is 12.1 Å². The minimum absolute atomic E-state index is 0.0371. The van der Waals surface area contributed by atoms with E-state index in [0.717, 1.165) is 11.3 Å². The Balaban J connectivity index is 1.46. The van der Waals surface area contributed by atoms with Crippen LogP contribution in [0, 0.1) is 0 Å². The first-order valence-corrected chi connectivity index (χ1v) is 13.1. The van der Waals surface area contributed by atoms with Gasteiger partial charge in [-0.3, -0.25) is 9.59 Å². The number of hydrogen-bond donors (Lipinski definition) is 1. The van der Waals surface area contributed by atoms with Crippen molar-refractivity contribution in [1.29, 1.82) is 0 Å². The lowest BCUT2D eigenvalue weighted by atomic mass is 9.83. The molecule has 4 rings (SSSR count). The van der Waals surface area contributed by atoms with Gasteiger partial charge >= 0.3 is 0 Å². The maximum Gasteiger partial charge on any atom is 0.273 e. The zero-order valence-corrected chi connectivity index (χ0v) is 19.7. The first-order chi connectivity index (χ1) is 14.7. The Morgan fingerprint density at radius 3 is 2.32 bits per heavy atom. The summed E-state index contributed by atoms with van der Waals surface area (Å²) < 4.78 is 27.4. The summed E-state index contributed by atoms with van der Waals surface area (Å²) in [5.74, 6) is -0.431. The Morgan fingerprint density at radius 1 is 1.10 bits per heavy atom. The minimum Gasteiger partial charge on any atom is -0.324 e. The fraction of sp³-hybridized carbons (Fsp3) is 0.455. The van der Waals surface area contributed by atoms with Crippen LogP contribution in [0.2, 0.25) is 4.34 Å². The van der Waals surface area contributed by atoms with Crippen LogP contribution in [0.25, 0.3) is 0 Å². The summed E-state index contributed by atoms with van der Waals surface area (Å²) in [6.45, 7) is 2.00. The second-order valence-corrected chi connectivity index (χ2v) is 12.1. The highest BCUT2D eigenvalue weighted by Gasteiger charge is 2.50. The average Bonchev–Trinajstić information content (AvgIpc) is 3.20. The van der Waals surface area contributed by atoms with Crippen LogP contribution in [0.15, 0.2) is 40.6 Å². The quantitative estimate of drug-likeness (QED) is 0.680. The highest BCUT2D eigenvalue weighted by Crippen LogP contribution is 2.35. The fourth-order valence-electron chi connectivity index (χ4n) is 4.33. The summed E-state index contributed by atoms with van der Waals surface area (Å²) in [5.41, 5.74) is 0.542. The molecular weight excluding hydrogens is 456 g/mol. The van der Waals surface area contributed by atoms with Gasteiger partial charge < -0.3 is 4.90 Å². The number of halogens is 1. The van der Waals surface area contributed by atoms with Crippen LogP contribution in [-0.2, 0) is 14.8 Å². The van der Waals surface area contributed by atoms with Crippen LogP contribution in [0.5, 0.6) is 0 Å². The second-order valence-electron chi connectivity index (χ2n) is 8.43. The lowest BCUT2D eigenvalue weighted by Gasteiger charge is -2.48. The summed E-state index contributed by atoms with van der Waals surface area (Å²) in [6.07, 6.45) is 6.53. The summed E-state index contributed by atoms with van der Waals surface area (Å²) in [6, 6.07) is 10.4. The van der Waals surface area contributed by atoms with Gasteiger partial charge in [-0.1, -0.05) is 43.0 Å². The van der Waals surface area contributed by atoms with Crippen molar-refractivity contribution in [3.8, 4) is 0 Å². The Kier molecular flexibility index (Phi) is 6.16. The Labute approximate surface area is 191 Å². The number of sulfonamides is 1. The van der Waals surface area contributed by atoms with E-state index < -0.39 is 21.5 Å². The van der Waals surface area contributed by atoms with Gasteiger partial charge in [-0.2, -0.15) is 0 Å². The predicted octanol–water partition coefficient (Wildman–Crippen LogP) is 4.56. The van der Waals surface area contributed by atoms with E-state index >= 15 is 0 Å². The van der Waals surface area contributed by atoms with Crippen LogP contribution in [-0.4, -0.2) is 37.2 Å². The van der Waals surface area contributed by atoms with Crippen molar-refractivity contribution in [2.75, 3.05) is 6.54 Å². The third kappa shape index (κ3) is 4.38. The smallest absolute Gasteiger partial charge is 0.273 e. The maximum atomic E-state index is 13.1. The van der Waals surface area contributed by atoms with E-state index in [-0.39, 0.29) is 10.1 Å². The van der Waals surface area contributed by atoms with Gasteiger partial charge in [-0.25, -0.2) is 13.1 Å². The van der Waals surface area contributed by atoms with Crippen molar-refractivity contribution < 1.29 is 18.0 Å². The van der Waals surface area contributed by atoms with E-state index in [4.69, 9.17) is 11.6 Å². The zero-order valence-electron chi connectivity index (χ0n) is 17.3. The lowest BCUT2D eigenvalue weighted by molar-refractivity contribution is -0.135. The van der Waals surface area contributed by atoms with Crippen LogP contribution in [0.4, 0.5) is 0 Å². The third-order valence-corrected chi connectivity index (χ3v) is 9.48. The molecule has 2 fully saturated rings. The van der Waals surface area contributed by atoms with Crippen LogP contribution < -0.4 is 4.72 Å². The van der Waals surface area contributed by atoms with Crippen molar-refractivity contribution in [3.63, 3.8) is 0 Å². The Morgan fingerprint density at radius 2 is 1.77 bits per heavy atom. The Hall–Kier alpha value is -1.90.